The molecule has 0 saturated heterocycles. The van der Waals surface area contributed by atoms with Gasteiger partial charge in [-0.25, -0.2) is 0 Å². The van der Waals surface area contributed by atoms with Gasteiger partial charge in [0.2, 0.25) is 0 Å². The van der Waals surface area contributed by atoms with Crippen molar-refractivity contribution in [3.63, 3.8) is 0 Å². The van der Waals surface area contributed by atoms with E-state index in [9.17, 15) is 0 Å². The van der Waals surface area contributed by atoms with Crippen LogP contribution in [0.15, 0.2) is 165 Å². The Morgan fingerprint density at radius 2 is 0.760 bits per heavy atom. The summed E-state index contributed by atoms with van der Waals surface area (Å²) in [5.74, 6) is 0. The first kappa shape index (κ1) is 26.4. The van der Waals surface area contributed by atoms with Crippen molar-refractivity contribution in [2.75, 3.05) is 9.62 Å². The Labute approximate surface area is 297 Å². The van der Waals surface area contributed by atoms with Gasteiger partial charge in [-0.2, -0.15) is 0 Å². The monoisotopic (exact) mass is 670 g/mol. The highest BCUT2D eigenvalue weighted by molar-refractivity contribution is 8.00. The van der Waals surface area contributed by atoms with Crippen molar-refractivity contribution in [1.82, 2.24) is 8.96 Å². The lowest BCUT2D eigenvalue weighted by molar-refractivity contribution is 1.28. The Kier molecular flexibility index (Phi) is 4.87. The smallest absolute Gasteiger partial charge is 0.359 e. The van der Waals surface area contributed by atoms with Crippen molar-refractivity contribution in [1.29, 1.82) is 0 Å². The number of fused-ring (bicyclic) bond motifs is 20. The molecule has 0 aliphatic carbocycles. The number of hydrogen-bond acceptors (Lipinski definition) is 4. The van der Waals surface area contributed by atoms with Crippen LogP contribution >= 0.6 is 23.5 Å². The minimum Gasteiger partial charge on any atom is -0.359 e. The van der Waals surface area contributed by atoms with Crippen LogP contribution in [0.25, 0.3) is 43.6 Å². The van der Waals surface area contributed by atoms with Gasteiger partial charge in [0, 0.05) is 63.5 Å². The molecule has 0 saturated carbocycles. The van der Waals surface area contributed by atoms with E-state index in [1.807, 2.05) is 23.5 Å². The van der Waals surface area contributed by atoms with Gasteiger partial charge in [0.1, 0.15) is 0 Å². The molecule has 6 heterocycles. The van der Waals surface area contributed by atoms with Crippen molar-refractivity contribution in [3.8, 4) is 0 Å². The fraction of sp³-hybridized carbons (Fsp3) is 0. The number of para-hydroxylation sites is 6. The third-order valence-electron chi connectivity index (χ3n) is 11.3. The predicted molar refractivity (Wildman–Crippen MR) is 212 cm³/mol. The molecule has 0 radical (unpaired) electrons. The van der Waals surface area contributed by atoms with E-state index >= 15 is 0 Å². The molecular weight excluding hydrogens is 646 g/mol. The van der Waals surface area contributed by atoms with E-state index in [4.69, 9.17) is 0 Å². The minimum absolute atomic E-state index is 0.0126. The molecule has 4 aliphatic rings. The van der Waals surface area contributed by atoms with Crippen LogP contribution < -0.4 is 20.5 Å². The first-order valence-corrected chi connectivity index (χ1v) is 18.8. The summed E-state index contributed by atoms with van der Waals surface area (Å²) in [6.45, 7) is -0.0253. The second-order valence-corrected chi connectivity index (χ2v) is 15.8. The lowest BCUT2D eigenvalue weighted by atomic mass is 9.61. The van der Waals surface area contributed by atoms with Crippen LogP contribution in [0.2, 0.25) is 0 Å². The number of hydrogen-bond donors (Lipinski definition) is 0. The third kappa shape index (κ3) is 3.08. The van der Waals surface area contributed by atoms with Gasteiger partial charge in [-0.15, -0.1) is 0 Å². The van der Waals surface area contributed by atoms with Crippen LogP contribution in [0, 0.1) is 0 Å². The van der Waals surface area contributed by atoms with Crippen molar-refractivity contribution >= 4 is 115 Å². The molecule has 4 aliphatic heterocycles. The fourth-order valence-corrected chi connectivity index (χ4v) is 11.7. The van der Waals surface area contributed by atoms with Crippen LogP contribution in [-0.2, 0) is 0 Å². The third-order valence-corrected chi connectivity index (χ3v) is 13.6. The number of nitrogens with zero attached hydrogens (tertiary/aromatic N) is 4. The molecule has 4 nitrogen and oxygen atoms in total. The molecule has 50 heavy (non-hydrogen) atoms. The first-order valence-electron chi connectivity index (χ1n) is 17.2. The second kappa shape index (κ2) is 9.21. The maximum absolute atomic E-state index is 2.61. The van der Waals surface area contributed by atoms with Gasteiger partial charge in [0.25, 0.3) is 0 Å². The molecule has 230 valence electrons. The SMILES string of the molecule is c1ccc2c(c1)Sc1cc3c(cc1B1N2c2cccc4c5ccccc5n1c24)Sc1ccccc1N1B3n2c3ccccc3c3cccc1c32. The van der Waals surface area contributed by atoms with Gasteiger partial charge in [0.05, 0.1) is 22.4 Å². The van der Waals surface area contributed by atoms with Crippen LogP contribution in [0.1, 0.15) is 0 Å². The quantitative estimate of drug-likeness (QED) is 0.149. The summed E-state index contributed by atoms with van der Waals surface area (Å²) in [6, 6.07) is 54.6. The zero-order chi connectivity index (χ0) is 32.2. The van der Waals surface area contributed by atoms with Gasteiger partial charge in [-0.1, -0.05) is 108 Å². The number of aromatic nitrogens is 2. The highest BCUT2D eigenvalue weighted by Crippen LogP contribution is 2.52. The number of rotatable bonds is 0. The molecular formula is C42H24B2N4S2. The molecule has 7 aromatic carbocycles. The Morgan fingerprint density at radius 1 is 0.360 bits per heavy atom. The molecule has 0 atom stereocenters. The standard InChI is InChI=1S/C42H24B2N4S2/c1-3-15-31-25(11-1)27-13-9-19-35-41(27)47(31)43-29-23-40-30(24-39(29)49-37-21-7-5-17-33(37)45(35)43)44-46(34-18-6-8-22-38(34)50-40)36-20-10-14-28-26-12-2-4-16-32(26)48(44)42(28)36/h1-24H. The molecule has 0 spiro atoms. The Bertz CT molecular complexity index is 2800. The van der Waals surface area contributed by atoms with Crippen molar-refractivity contribution in [2.45, 2.75) is 19.6 Å². The van der Waals surface area contributed by atoms with Crippen LogP contribution in [0.3, 0.4) is 0 Å². The van der Waals surface area contributed by atoms with E-state index in [-0.39, 0.29) is 14.0 Å². The van der Waals surface area contributed by atoms with Crippen LogP contribution in [0.4, 0.5) is 22.7 Å². The number of anilines is 4. The lowest BCUT2D eigenvalue weighted by Crippen LogP contribution is -2.52. The average molecular weight is 670 g/mol. The van der Waals surface area contributed by atoms with Gasteiger partial charge in [-0.3, -0.25) is 0 Å². The maximum Gasteiger partial charge on any atom is 0.422 e. The largest absolute Gasteiger partial charge is 0.422 e. The zero-order valence-electron chi connectivity index (χ0n) is 26.6. The van der Waals surface area contributed by atoms with E-state index in [2.05, 4.69) is 164 Å². The molecule has 9 aromatic rings. The zero-order valence-corrected chi connectivity index (χ0v) is 28.2. The van der Waals surface area contributed by atoms with Crippen molar-refractivity contribution in [3.05, 3.63) is 146 Å². The van der Waals surface area contributed by atoms with E-state index < -0.39 is 0 Å². The summed E-state index contributed by atoms with van der Waals surface area (Å²) in [7, 11) is 0. The van der Waals surface area contributed by atoms with Gasteiger partial charge in [-0.05, 0) is 71.6 Å². The first-order chi connectivity index (χ1) is 24.8. The molecule has 0 unspecified atom stereocenters. The molecule has 0 bridgehead atoms. The molecule has 13 rings (SSSR count). The van der Waals surface area contributed by atoms with Crippen LogP contribution in [-0.4, -0.2) is 22.9 Å². The summed E-state index contributed by atoms with van der Waals surface area (Å²) in [4.78, 5) is 10.4. The average Bonchev–Trinajstić information content (AvgIpc) is 3.84. The Balaban J connectivity index is 1.15. The van der Waals surface area contributed by atoms with Crippen molar-refractivity contribution in [2.24, 2.45) is 0 Å². The van der Waals surface area contributed by atoms with Crippen molar-refractivity contribution < 1.29 is 0 Å². The van der Waals surface area contributed by atoms with E-state index in [1.165, 1.54) is 96.9 Å². The van der Waals surface area contributed by atoms with Gasteiger partial charge in [0.15, 0.2) is 0 Å². The van der Waals surface area contributed by atoms with Gasteiger partial charge >= 0.3 is 14.0 Å². The summed E-state index contributed by atoms with van der Waals surface area (Å²) in [6.07, 6.45) is 0. The number of benzene rings is 7. The second-order valence-electron chi connectivity index (χ2n) is 13.7. The topological polar surface area (TPSA) is 16.3 Å². The predicted octanol–water partition coefficient (Wildman–Crippen LogP) is 9.62. The molecule has 0 fully saturated rings. The van der Waals surface area contributed by atoms with E-state index in [0.29, 0.717) is 0 Å². The summed E-state index contributed by atoms with van der Waals surface area (Å²) >= 11 is 3.84. The Hall–Kier alpha value is -5.43. The molecule has 8 heteroatoms. The maximum atomic E-state index is 2.61. The van der Waals surface area contributed by atoms with E-state index in [0.717, 1.165) is 0 Å². The minimum atomic E-state index is -0.0126. The van der Waals surface area contributed by atoms with Crippen LogP contribution in [0.5, 0.6) is 0 Å². The summed E-state index contributed by atoms with van der Waals surface area (Å²) < 4.78 is 5.23. The highest BCUT2D eigenvalue weighted by atomic mass is 32.2. The van der Waals surface area contributed by atoms with E-state index in [1.54, 1.807) is 0 Å². The van der Waals surface area contributed by atoms with Gasteiger partial charge < -0.3 is 18.6 Å². The summed E-state index contributed by atoms with van der Waals surface area (Å²) in [5, 5.41) is 5.27. The molecule has 0 N–H and O–H groups in total. The normalized spacial score (nSPS) is 14.9. The fourth-order valence-electron chi connectivity index (χ4n) is 9.43. The summed E-state index contributed by atoms with van der Waals surface area (Å²) in [5.41, 5.74) is 13.0. The lowest BCUT2D eigenvalue weighted by Gasteiger charge is -2.28. The molecule has 2 aromatic heterocycles. The highest BCUT2D eigenvalue weighted by Gasteiger charge is 2.47. The Morgan fingerprint density at radius 3 is 1.26 bits per heavy atom. The molecule has 0 amide bonds.